The van der Waals surface area contributed by atoms with E-state index in [1.807, 2.05) is 12.1 Å². The topological polar surface area (TPSA) is 24.5 Å². The van der Waals surface area contributed by atoms with Crippen molar-refractivity contribution in [1.29, 1.82) is 0 Å². The zero-order chi connectivity index (χ0) is 13.2. The predicted octanol–water partition coefficient (Wildman–Crippen LogP) is 1.95. The molecule has 0 bridgehead atoms. The fraction of sp³-hybridized carbons (Fsp3) is 0.600. The summed E-state index contributed by atoms with van der Waals surface area (Å²) in [7, 11) is 2.11. The molecule has 1 aliphatic heterocycles. The Morgan fingerprint density at radius 3 is 2.74 bits per heavy atom. The Morgan fingerprint density at radius 1 is 1.32 bits per heavy atom. The van der Waals surface area contributed by atoms with Crippen LogP contribution in [0, 0.1) is 5.82 Å². The van der Waals surface area contributed by atoms with E-state index in [1.54, 1.807) is 0 Å². The molecule has 1 heterocycles. The molecule has 4 heteroatoms. The van der Waals surface area contributed by atoms with Crippen LogP contribution in [-0.4, -0.2) is 43.8 Å². The lowest BCUT2D eigenvalue weighted by atomic mass is 9.98. The Hall–Kier alpha value is -0.970. The lowest BCUT2D eigenvalue weighted by molar-refractivity contribution is -0.0615. The van der Waals surface area contributed by atoms with Crippen LogP contribution >= 0.6 is 0 Å². The number of likely N-dealkylation sites (N-methyl/N-ethyl adjacent to an activating group) is 1. The molecule has 2 aliphatic rings. The maximum absolute atomic E-state index is 13.1. The van der Waals surface area contributed by atoms with E-state index >= 15 is 0 Å². The number of morpholine rings is 1. The van der Waals surface area contributed by atoms with Crippen molar-refractivity contribution in [2.24, 2.45) is 0 Å². The number of nitrogens with zero attached hydrogens (tertiary/aromatic N) is 1. The molecule has 1 aliphatic carbocycles. The first kappa shape index (κ1) is 13.0. The van der Waals surface area contributed by atoms with Crippen LogP contribution in [0.15, 0.2) is 24.3 Å². The molecule has 0 radical (unpaired) electrons. The molecule has 3 nitrogen and oxygen atoms in total. The van der Waals surface area contributed by atoms with E-state index in [4.69, 9.17) is 4.74 Å². The monoisotopic (exact) mass is 264 g/mol. The Bertz CT molecular complexity index is 419. The van der Waals surface area contributed by atoms with E-state index in [1.165, 1.54) is 25.0 Å². The lowest BCUT2D eigenvalue weighted by Crippen LogP contribution is -2.47. The van der Waals surface area contributed by atoms with Gasteiger partial charge < -0.3 is 10.1 Å². The largest absolute Gasteiger partial charge is 0.374 e. The van der Waals surface area contributed by atoms with Crippen LogP contribution < -0.4 is 5.32 Å². The summed E-state index contributed by atoms with van der Waals surface area (Å²) in [5.41, 5.74) is 1.13. The molecule has 3 rings (SSSR count). The molecular formula is C15H21FN2O. The number of halogens is 1. The Morgan fingerprint density at radius 2 is 2.05 bits per heavy atom. The summed E-state index contributed by atoms with van der Waals surface area (Å²) < 4.78 is 19.0. The van der Waals surface area contributed by atoms with E-state index in [9.17, 15) is 4.39 Å². The summed E-state index contributed by atoms with van der Waals surface area (Å²) in [6, 6.07) is 7.70. The van der Waals surface area contributed by atoms with Crippen LogP contribution in [-0.2, 0) is 4.74 Å². The second kappa shape index (κ2) is 5.57. The van der Waals surface area contributed by atoms with Gasteiger partial charge in [0.15, 0.2) is 0 Å². The molecule has 2 unspecified atom stereocenters. The van der Waals surface area contributed by atoms with Crippen molar-refractivity contribution in [1.82, 2.24) is 10.2 Å². The number of hydrogen-bond donors (Lipinski definition) is 1. The number of rotatable bonds is 4. The van der Waals surface area contributed by atoms with Gasteiger partial charge in [-0.05, 0) is 37.6 Å². The van der Waals surface area contributed by atoms with Gasteiger partial charge in [0.1, 0.15) is 5.82 Å². The molecule has 1 N–H and O–H groups in total. The molecule has 0 aromatic heterocycles. The highest BCUT2D eigenvalue weighted by molar-refractivity contribution is 5.22. The summed E-state index contributed by atoms with van der Waals surface area (Å²) >= 11 is 0. The highest BCUT2D eigenvalue weighted by atomic mass is 19.1. The average molecular weight is 264 g/mol. The van der Waals surface area contributed by atoms with Gasteiger partial charge in [0.2, 0.25) is 0 Å². The molecule has 19 heavy (non-hydrogen) atoms. The number of benzene rings is 1. The standard InChI is InChI=1S/C15H21FN2O/c1-18-8-9-19-14(10-17-13-6-7-13)15(18)11-2-4-12(16)5-3-11/h2-5,13-15,17H,6-10H2,1H3. The van der Waals surface area contributed by atoms with Crippen molar-refractivity contribution in [3.63, 3.8) is 0 Å². The third-order valence-electron chi connectivity index (χ3n) is 4.00. The molecule has 1 saturated heterocycles. The van der Waals surface area contributed by atoms with Crippen molar-refractivity contribution < 1.29 is 9.13 Å². The van der Waals surface area contributed by atoms with Crippen LogP contribution in [0.4, 0.5) is 4.39 Å². The Balaban J connectivity index is 1.73. The van der Waals surface area contributed by atoms with Crippen molar-refractivity contribution in [2.75, 3.05) is 26.7 Å². The molecule has 2 fully saturated rings. The third kappa shape index (κ3) is 3.14. The predicted molar refractivity (Wildman–Crippen MR) is 72.5 cm³/mol. The van der Waals surface area contributed by atoms with Gasteiger partial charge >= 0.3 is 0 Å². The minimum absolute atomic E-state index is 0.143. The minimum Gasteiger partial charge on any atom is -0.374 e. The normalized spacial score (nSPS) is 28.5. The van der Waals surface area contributed by atoms with Crippen LogP contribution in [0.3, 0.4) is 0 Å². The fourth-order valence-electron chi connectivity index (χ4n) is 2.73. The van der Waals surface area contributed by atoms with Gasteiger partial charge in [-0.25, -0.2) is 4.39 Å². The van der Waals surface area contributed by atoms with Crippen LogP contribution in [0.2, 0.25) is 0 Å². The van der Waals surface area contributed by atoms with Crippen molar-refractivity contribution in [3.8, 4) is 0 Å². The van der Waals surface area contributed by atoms with E-state index in [-0.39, 0.29) is 18.0 Å². The summed E-state index contributed by atoms with van der Waals surface area (Å²) in [4.78, 5) is 2.30. The number of nitrogens with one attached hydrogen (secondary N) is 1. The van der Waals surface area contributed by atoms with E-state index < -0.39 is 0 Å². The van der Waals surface area contributed by atoms with Crippen LogP contribution in [0.5, 0.6) is 0 Å². The van der Waals surface area contributed by atoms with Gasteiger partial charge in [0.25, 0.3) is 0 Å². The van der Waals surface area contributed by atoms with Crippen LogP contribution in [0.1, 0.15) is 24.4 Å². The maximum Gasteiger partial charge on any atom is 0.123 e. The quantitative estimate of drug-likeness (QED) is 0.899. The molecular weight excluding hydrogens is 243 g/mol. The molecule has 0 amide bonds. The van der Waals surface area contributed by atoms with Crippen molar-refractivity contribution in [3.05, 3.63) is 35.6 Å². The van der Waals surface area contributed by atoms with E-state index in [2.05, 4.69) is 17.3 Å². The SMILES string of the molecule is CN1CCOC(CNC2CC2)C1c1ccc(F)cc1. The zero-order valence-corrected chi connectivity index (χ0v) is 11.3. The molecule has 1 aromatic carbocycles. The lowest BCUT2D eigenvalue weighted by Gasteiger charge is -2.39. The molecule has 104 valence electrons. The third-order valence-corrected chi connectivity index (χ3v) is 4.00. The van der Waals surface area contributed by atoms with Gasteiger partial charge in [0, 0.05) is 19.1 Å². The first-order chi connectivity index (χ1) is 9.24. The van der Waals surface area contributed by atoms with Gasteiger partial charge in [-0.2, -0.15) is 0 Å². The van der Waals surface area contributed by atoms with Gasteiger partial charge in [-0.1, -0.05) is 12.1 Å². The molecule has 1 saturated carbocycles. The fourth-order valence-corrected chi connectivity index (χ4v) is 2.73. The first-order valence-corrected chi connectivity index (χ1v) is 7.05. The van der Waals surface area contributed by atoms with Gasteiger partial charge in [-0.3, -0.25) is 4.90 Å². The van der Waals surface area contributed by atoms with Gasteiger partial charge in [0.05, 0.1) is 18.8 Å². The average Bonchev–Trinajstić information content (AvgIpc) is 3.22. The highest BCUT2D eigenvalue weighted by Gasteiger charge is 2.32. The molecule has 0 spiro atoms. The maximum atomic E-state index is 13.1. The summed E-state index contributed by atoms with van der Waals surface area (Å²) in [6.45, 7) is 2.56. The first-order valence-electron chi connectivity index (χ1n) is 7.05. The summed E-state index contributed by atoms with van der Waals surface area (Å²) in [6.07, 6.45) is 2.71. The second-order valence-electron chi connectivity index (χ2n) is 5.57. The number of ether oxygens (including phenoxy) is 1. The zero-order valence-electron chi connectivity index (χ0n) is 11.3. The smallest absolute Gasteiger partial charge is 0.123 e. The van der Waals surface area contributed by atoms with Gasteiger partial charge in [-0.15, -0.1) is 0 Å². The van der Waals surface area contributed by atoms with E-state index in [0.29, 0.717) is 6.04 Å². The van der Waals surface area contributed by atoms with Crippen LogP contribution in [0.25, 0.3) is 0 Å². The highest BCUT2D eigenvalue weighted by Crippen LogP contribution is 2.29. The Kier molecular flexibility index (Phi) is 3.82. The molecule has 2 atom stereocenters. The Labute approximate surface area is 113 Å². The summed E-state index contributed by atoms with van der Waals surface area (Å²) in [5.74, 6) is -0.184. The number of hydrogen-bond acceptors (Lipinski definition) is 3. The second-order valence-corrected chi connectivity index (χ2v) is 5.57. The van der Waals surface area contributed by atoms with Crippen molar-refractivity contribution >= 4 is 0 Å². The summed E-state index contributed by atoms with van der Waals surface area (Å²) in [5, 5.41) is 3.53. The van der Waals surface area contributed by atoms with Crippen molar-refractivity contribution in [2.45, 2.75) is 31.0 Å². The molecule has 1 aromatic rings. The minimum atomic E-state index is -0.184. The van der Waals surface area contributed by atoms with E-state index in [0.717, 1.165) is 25.3 Å².